The van der Waals surface area contributed by atoms with Crippen molar-refractivity contribution in [2.75, 3.05) is 15.9 Å². The summed E-state index contributed by atoms with van der Waals surface area (Å²) in [6, 6.07) is 21.5. The van der Waals surface area contributed by atoms with E-state index in [0.29, 0.717) is 28.4 Å². The van der Waals surface area contributed by atoms with Crippen molar-refractivity contribution >= 4 is 33.2 Å². The molecule has 1 aliphatic rings. The van der Waals surface area contributed by atoms with Crippen LogP contribution in [-0.2, 0) is 14.8 Å². The van der Waals surface area contributed by atoms with Crippen molar-refractivity contribution < 1.29 is 22.7 Å². The third-order valence-corrected chi connectivity index (χ3v) is 7.77. The average molecular weight is 536 g/mol. The van der Waals surface area contributed by atoms with E-state index in [0.717, 1.165) is 36.2 Å². The quantitative estimate of drug-likeness (QED) is 0.385. The lowest BCUT2D eigenvalue weighted by Crippen LogP contribution is -2.45. The Balaban J connectivity index is 1.49. The van der Waals surface area contributed by atoms with Crippen LogP contribution in [0.15, 0.2) is 78.9 Å². The molecular formula is C29H33N3O5S. The molecule has 3 aromatic carbocycles. The van der Waals surface area contributed by atoms with Crippen molar-refractivity contribution in [1.82, 2.24) is 5.32 Å². The zero-order valence-corrected chi connectivity index (χ0v) is 22.4. The zero-order valence-electron chi connectivity index (χ0n) is 21.6. The molecule has 1 aliphatic carbocycles. The van der Waals surface area contributed by atoms with Crippen LogP contribution in [0.1, 0.15) is 49.4 Å². The van der Waals surface area contributed by atoms with Crippen molar-refractivity contribution in [2.24, 2.45) is 0 Å². The molecule has 2 N–H and O–H groups in total. The number of carbonyl (C=O) groups excluding carboxylic acids is 2. The predicted octanol–water partition coefficient (Wildman–Crippen LogP) is 5.33. The summed E-state index contributed by atoms with van der Waals surface area (Å²) in [7, 11) is -3.82. The number of anilines is 2. The third-order valence-electron chi connectivity index (χ3n) is 6.53. The maximum atomic E-state index is 13.3. The highest BCUT2D eigenvalue weighted by molar-refractivity contribution is 7.92. The van der Waals surface area contributed by atoms with Gasteiger partial charge in [-0.25, -0.2) is 8.42 Å². The van der Waals surface area contributed by atoms with E-state index in [4.69, 9.17) is 4.74 Å². The van der Waals surface area contributed by atoms with Crippen LogP contribution in [0.4, 0.5) is 11.4 Å². The summed E-state index contributed by atoms with van der Waals surface area (Å²) in [5, 5.41) is 5.83. The highest BCUT2D eigenvalue weighted by atomic mass is 32.2. The first-order valence-electron chi connectivity index (χ1n) is 12.8. The second-order valence-corrected chi connectivity index (χ2v) is 11.3. The molecule has 0 unspecified atom stereocenters. The highest BCUT2D eigenvalue weighted by Crippen LogP contribution is 2.28. The smallest absolute Gasteiger partial charge is 0.253 e. The van der Waals surface area contributed by atoms with Crippen LogP contribution in [0.25, 0.3) is 0 Å². The number of sulfonamides is 1. The Morgan fingerprint density at radius 3 is 2.13 bits per heavy atom. The molecule has 1 atom stereocenters. The van der Waals surface area contributed by atoms with E-state index in [1.807, 2.05) is 30.3 Å². The monoisotopic (exact) mass is 535 g/mol. The summed E-state index contributed by atoms with van der Waals surface area (Å²) < 4.78 is 32.4. The fraction of sp³-hybridized carbons (Fsp3) is 0.310. The average Bonchev–Trinajstić information content (AvgIpc) is 2.90. The largest absolute Gasteiger partial charge is 0.457 e. The van der Waals surface area contributed by atoms with Gasteiger partial charge in [0.2, 0.25) is 15.9 Å². The lowest BCUT2D eigenvalue weighted by molar-refractivity contribution is -0.116. The van der Waals surface area contributed by atoms with Gasteiger partial charge in [0.05, 0.1) is 23.2 Å². The summed E-state index contributed by atoms with van der Waals surface area (Å²) >= 11 is 0. The van der Waals surface area contributed by atoms with E-state index in [9.17, 15) is 18.0 Å². The molecule has 3 aromatic rings. The fourth-order valence-electron chi connectivity index (χ4n) is 4.63. The van der Waals surface area contributed by atoms with E-state index in [2.05, 4.69) is 10.6 Å². The molecule has 200 valence electrons. The molecule has 0 heterocycles. The van der Waals surface area contributed by atoms with Gasteiger partial charge in [-0.2, -0.15) is 0 Å². The SMILES string of the molecule is C[C@@H](C(=O)Nc1ccccc1C(=O)NC1CCCCC1)N(c1ccc(Oc2ccccc2)cc1)S(C)(=O)=O. The molecule has 38 heavy (non-hydrogen) atoms. The molecule has 9 heteroatoms. The van der Waals surface area contributed by atoms with E-state index < -0.39 is 22.0 Å². The first kappa shape index (κ1) is 27.2. The first-order chi connectivity index (χ1) is 18.2. The Morgan fingerprint density at radius 2 is 1.47 bits per heavy atom. The minimum atomic E-state index is -3.82. The van der Waals surface area contributed by atoms with Crippen LogP contribution >= 0.6 is 0 Å². The van der Waals surface area contributed by atoms with Crippen LogP contribution in [0.2, 0.25) is 0 Å². The molecule has 0 radical (unpaired) electrons. The minimum Gasteiger partial charge on any atom is -0.457 e. The highest BCUT2D eigenvalue weighted by Gasteiger charge is 2.30. The number of hydrogen-bond acceptors (Lipinski definition) is 5. The number of para-hydroxylation sites is 2. The Hall–Kier alpha value is -3.85. The molecular weight excluding hydrogens is 502 g/mol. The van der Waals surface area contributed by atoms with Gasteiger partial charge in [-0.3, -0.25) is 13.9 Å². The van der Waals surface area contributed by atoms with Gasteiger partial charge in [0.25, 0.3) is 5.91 Å². The van der Waals surface area contributed by atoms with Gasteiger partial charge in [0, 0.05) is 6.04 Å². The predicted molar refractivity (Wildman–Crippen MR) is 149 cm³/mol. The molecule has 8 nitrogen and oxygen atoms in total. The zero-order chi connectivity index (χ0) is 27.1. The Bertz CT molecular complexity index is 1350. The topological polar surface area (TPSA) is 105 Å². The van der Waals surface area contributed by atoms with E-state index >= 15 is 0 Å². The number of amides is 2. The van der Waals surface area contributed by atoms with Gasteiger partial charge in [-0.1, -0.05) is 49.6 Å². The van der Waals surface area contributed by atoms with Gasteiger partial charge in [0.15, 0.2) is 0 Å². The summed E-state index contributed by atoms with van der Waals surface area (Å²) in [6.45, 7) is 1.51. The molecule has 2 amide bonds. The van der Waals surface area contributed by atoms with Crippen LogP contribution in [0.5, 0.6) is 11.5 Å². The van der Waals surface area contributed by atoms with Gasteiger partial charge in [0.1, 0.15) is 17.5 Å². The van der Waals surface area contributed by atoms with E-state index in [1.54, 1.807) is 48.5 Å². The van der Waals surface area contributed by atoms with Crippen LogP contribution in [0, 0.1) is 0 Å². The van der Waals surface area contributed by atoms with Crippen molar-refractivity contribution in [2.45, 2.75) is 51.1 Å². The van der Waals surface area contributed by atoms with Crippen molar-refractivity contribution in [3.8, 4) is 11.5 Å². The second kappa shape index (κ2) is 12.1. The summed E-state index contributed by atoms with van der Waals surface area (Å²) in [5.74, 6) is 0.370. The van der Waals surface area contributed by atoms with Gasteiger partial charge < -0.3 is 15.4 Å². The summed E-state index contributed by atoms with van der Waals surface area (Å²) in [6.07, 6.45) is 6.28. The van der Waals surface area contributed by atoms with Gasteiger partial charge in [-0.05, 0) is 68.3 Å². The van der Waals surface area contributed by atoms with Crippen molar-refractivity contribution in [1.29, 1.82) is 0 Å². The number of carbonyl (C=O) groups is 2. The Morgan fingerprint density at radius 1 is 0.868 bits per heavy atom. The third kappa shape index (κ3) is 6.92. The van der Waals surface area contributed by atoms with Crippen molar-refractivity contribution in [3.05, 3.63) is 84.4 Å². The van der Waals surface area contributed by atoms with Gasteiger partial charge >= 0.3 is 0 Å². The fourth-order valence-corrected chi connectivity index (χ4v) is 5.81. The summed E-state index contributed by atoms with van der Waals surface area (Å²) in [5.41, 5.74) is 0.989. The second-order valence-electron chi connectivity index (χ2n) is 9.49. The lowest BCUT2D eigenvalue weighted by Gasteiger charge is -2.28. The molecule has 4 rings (SSSR count). The van der Waals surface area contributed by atoms with Crippen molar-refractivity contribution in [3.63, 3.8) is 0 Å². The first-order valence-corrected chi connectivity index (χ1v) is 14.6. The number of rotatable bonds is 9. The molecule has 0 saturated heterocycles. The normalized spacial score (nSPS) is 14.8. The molecule has 0 aromatic heterocycles. The van der Waals surface area contributed by atoms with E-state index in [-0.39, 0.29) is 11.9 Å². The maximum absolute atomic E-state index is 13.3. The maximum Gasteiger partial charge on any atom is 0.253 e. The molecule has 0 bridgehead atoms. The van der Waals surface area contributed by atoms with Gasteiger partial charge in [-0.15, -0.1) is 0 Å². The number of nitrogens with zero attached hydrogens (tertiary/aromatic N) is 1. The molecule has 0 spiro atoms. The number of hydrogen-bond donors (Lipinski definition) is 2. The Labute approximate surface area is 224 Å². The van der Waals surface area contributed by atoms with Crippen LogP contribution in [0.3, 0.4) is 0 Å². The number of nitrogens with one attached hydrogen (secondary N) is 2. The van der Waals surface area contributed by atoms with Crippen LogP contribution in [-0.4, -0.2) is 38.6 Å². The minimum absolute atomic E-state index is 0.119. The molecule has 1 saturated carbocycles. The number of ether oxygens (including phenoxy) is 1. The molecule has 1 fully saturated rings. The van der Waals surface area contributed by atoms with Crippen LogP contribution < -0.4 is 19.7 Å². The Kier molecular flexibility index (Phi) is 8.68. The molecule has 0 aliphatic heterocycles. The van der Waals surface area contributed by atoms with E-state index in [1.165, 1.54) is 13.3 Å². The lowest BCUT2D eigenvalue weighted by atomic mass is 9.95. The standard InChI is InChI=1S/C29H33N3O5S/c1-21(28(33)31-27-16-10-9-15-26(27)29(34)30-22-11-5-3-6-12-22)32(38(2,35)36)23-17-19-25(20-18-23)37-24-13-7-4-8-14-24/h4,7-10,13-22H,3,5-6,11-12H2,1-2H3,(H,30,34)(H,31,33)/t21-/m0/s1. The summed E-state index contributed by atoms with van der Waals surface area (Å²) in [4.78, 5) is 26.3. The number of benzene rings is 3.